The van der Waals surface area contributed by atoms with E-state index in [1.54, 1.807) is 14.2 Å². The van der Waals surface area contributed by atoms with Gasteiger partial charge in [0.15, 0.2) is 0 Å². The smallest absolute Gasteiger partial charge is 0.123 e. The largest absolute Gasteiger partial charge is 0.497 e. The van der Waals surface area contributed by atoms with E-state index in [0.717, 1.165) is 17.1 Å². The van der Waals surface area contributed by atoms with Gasteiger partial charge in [-0.25, -0.2) is 0 Å². The maximum Gasteiger partial charge on any atom is 0.123 e. The number of nitrogens with two attached hydrogens (primary N) is 1. The number of aliphatic hydroxyl groups is 1. The summed E-state index contributed by atoms with van der Waals surface area (Å²) >= 11 is 0. The number of aliphatic hydroxyl groups excluding tert-OH is 1. The van der Waals surface area contributed by atoms with E-state index in [2.05, 4.69) is 0 Å². The van der Waals surface area contributed by atoms with Gasteiger partial charge in [0, 0.05) is 11.6 Å². The first-order valence-electron chi connectivity index (χ1n) is 5.84. The summed E-state index contributed by atoms with van der Waals surface area (Å²) in [7, 11) is 3.23. The summed E-state index contributed by atoms with van der Waals surface area (Å²) in [6.07, 6.45) is 0. The topological polar surface area (TPSA) is 73.9 Å². The van der Waals surface area contributed by atoms with Crippen LogP contribution in [0.25, 0.3) is 0 Å². The summed E-state index contributed by atoms with van der Waals surface area (Å²) in [5.74, 6) is 1.48. The van der Waals surface area contributed by atoms with Crippen LogP contribution in [0.1, 0.15) is 5.56 Å². The Balaban J connectivity index is 2.46. The molecule has 1 aromatic carbocycles. The molecule has 3 N–H and O–H groups in total. The van der Waals surface area contributed by atoms with E-state index in [1.165, 1.54) is 0 Å². The summed E-state index contributed by atoms with van der Waals surface area (Å²) < 4.78 is 15.9. The van der Waals surface area contributed by atoms with Crippen molar-refractivity contribution in [2.75, 3.05) is 34.0 Å². The highest BCUT2D eigenvalue weighted by Gasteiger charge is 2.47. The Morgan fingerprint density at radius 2 is 2.11 bits per heavy atom. The molecule has 18 heavy (non-hydrogen) atoms. The summed E-state index contributed by atoms with van der Waals surface area (Å²) in [5, 5.41) is 9.33. The summed E-state index contributed by atoms with van der Waals surface area (Å²) in [4.78, 5) is 0. The second kappa shape index (κ2) is 5.14. The van der Waals surface area contributed by atoms with Crippen LogP contribution in [0, 0.1) is 0 Å². The Hall–Kier alpha value is -1.30. The number of ether oxygens (including phenoxy) is 3. The molecule has 1 heterocycles. The first-order valence-corrected chi connectivity index (χ1v) is 5.84. The molecular weight excluding hydrogens is 234 g/mol. The molecule has 100 valence electrons. The van der Waals surface area contributed by atoms with E-state index in [9.17, 15) is 5.11 Å². The molecule has 1 aliphatic rings. The fourth-order valence-corrected chi connectivity index (χ4v) is 2.27. The quantitative estimate of drug-likeness (QED) is 0.789. The number of hydrogen-bond donors (Lipinski definition) is 2. The molecular formula is C13H19NO4. The summed E-state index contributed by atoms with van der Waals surface area (Å²) in [5.41, 5.74) is 6.57. The third kappa shape index (κ3) is 1.94. The van der Waals surface area contributed by atoms with Crippen molar-refractivity contribution in [2.45, 2.75) is 11.5 Å². The van der Waals surface area contributed by atoms with E-state index in [-0.39, 0.29) is 12.6 Å². The normalized spacial score (nSPS) is 18.9. The second-order valence-corrected chi connectivity index (χ2v) is 4.50. The molecule has 0 saturated carbocycles. The van der Waals surface area contributed by atoms with Crippen molar-refractivity contribution < 1.29 is 19.3 Å². The molecule has 1 atom stereocenters. The zero-order chi connectivity index (χ0) is 13.2. The van der Waals surface area contributed by atoms with Crippen LogP contribution in [-0.2, 0) is 10.2 Å². The minimum Gasteiger partial charge on any atom is -0.497 e. The lowest BCUT2D eigenvalue weighted by Gasteiger charge is -2.46. The monoisotopic (exact) mass is 253 g/mol. The highest BCUT2D eigenvalue weighted by Crippen LogP contribution is 2.41. The predicted molar refractivity (Wildman–Crippen MR) is 67.1 cm³/mol. The Kier molecular flexibility index (Phi) is 3.75. The number of hydrogen-bond acceptors (Lipinski definition) is 5. The molecule has 1 fully saturated rings. The fourth-order valence-electron chi connectivity index (χ4n) is 2.27. The molecule has 0 spiro atoms. The summed E-state index contributed by atoms with van der Waals surface area (Å²) in [6, 6.07) is 5.20. The molecule has 5 heteroatoms. The van der Waals surface area contributed by atoms with Crippen molar-refractivity contribution in [3.05, 3.63) is 23.8 Å². The highest BCUT2D eigenvalue weighted by molar-refractivity contribution is 5.47. The molecule has 5 nitrogen and oxygen atoms in total. The lowest BCUT2D eigenvalue weighted by atomic mass is 9.72. The van der Waals surface area contributed by atoms with Gasteiger partial charge in [0.25, 0.3) is 0 Å². The minimum absolute atomic E-state index is 0.0935. The van der Waals surface area contributed by atoms with Gasteiger partial charge in [0.2, 0.25) is 0 Å². The standard InChI is InChI=1S/C13H19NO4/c1-16-9-3-4-11(17-2)10(5-9)13(7-18-8-13)12(14)6-15/h3-5,12,15H,6-8,14H2,1-2H3. The van der Waals surface area contributed by atoms with Crippen LogP contribution >= 0.6 is 0 Å². The van der Waals surface area contributed by atoms with Gasteiger partial charge in [-0.05, 0) is 18.2 Å². The number of benzene rings is 1. The first-order chi connectivity index (χ1) is 8.67. The molecule has 1 aliphatic heterocycles. The van der Waals surface area contributed by atoms with Gasteiger partial charge in [0.05, 0.1) is 39.5 Å². The average Bonchev–Trinajstić information content (AvgIpc) is 2.37. The maximum atomic E-state index is 9.33. The molecule has 0 aromatic heterocycles. The number of rotatable bonds is 5. The van der Waals surface area contributed by atoms with Gasteiger partial charge in [0.1, 0.15) is 11.5 Å². The van der Waals surface area contributed by atoms with E-state index >= 15 is 0 Å². The zero-order valence-corrected chi connectivity index (χ0v) is 10.7. The van der Waals surface area contributed by atoms with Crippen LogP contribution in [0.3, 0.4) is 0 Å². The van der Waals surface area contributed by atoms with Crippen LogP contribution < -0.4 is 15.2 Å². The van der Waals surface area contributed by atoms with Crippen molar-refractivity contribution in [3.63, 3.8) is 0 Å². The Labute approximate surface area is 106 Å². The van der Waals surface area contributed by atoms with Crippen LogP contribution in [0.15, 0.2) is 18.2 Å². The van der Waals surface area contributed by atoms with Gasteiger partial charge in [-0.1, -0.05) is 0 Å². The lowest BCUT2D eigenvalue weighted by Crippen LogP contribution is -2.60. The van der Waals surface area contributed by atoms with E-state index in [1.807, 2.05) is 18.2 Å². The predicted octanol–water partition coefficient (Wildman–Crippen LogP) is 0.291. The van der Waals surface area contributed by atoms with Gasteiger partial charge >= 0.3 is 0 Å². The van der Waals surface area contributed by atoms with Crippen molar-refractivity contribution in [2.24, 2.45) is 5.73 Å². The zero-order valence-electron chi connectivity index (χ0n) is 10.7. The average molecular weight is 253 g/mol. The van der Waals surface area contributed by atoms with Gasteiger partial charge < -0.3 is 25.1 Å². The molecule has 0 amide bonds. The Morgan fingerprint density at radius 1 is 1.39 bits per heavy atom. The molecule has 0 aliphatic carbocycles. The first kappa shape index (κ1) is 13.1. The Morgan fingerprint density at radius 3 is 2.56 bits per heavy atom. The third-order valence-corrected chi connectivity index (χ3v) is 3.57. The van der Waals surface area contributed by atoms with Crippen LogP contribution in [0.2, 0.25) is 0 Å². The fraction of sp³-hybridized carbons (Fsp3) is 0.538. The minimum atomic E-state index is -0.394. The van der Waals surface area contributed by atoms with E-state index in [0.29, 0.717) is 13.2 Å². The lowest BCUT2D eigenvalue weighted by molar-refractivity contribution is -0.0807. The van der Waals surface area contributed by atoms with Crippen molar-refractivity contribution in [1.29, 1.82) is 0 Å². The van der Waals surface area contributed by atoms with Crippen LogP contribution in [0.4, 0.5) is 0 Å². The second-order valence-electron chi connectivity index (χ2n) is 4.50. The third-order valence-electron chi connectivity index (χ3n) is 3.57. The van der Waals surface area contributed by atoms with E-state index in [4.69, 9.17) is 19.9 Å². The van der Waals surface area contributed by atoms with Gasteiger partial charge in [-0.15, -0.1) is 0 Å². The van der Waals surface area contributed by atoms with E-state index < -0.39 is 5.41 Å². The molecule has 2 rings (SSSR count). The van der Waals surface area contributed by atoms with Gasteiger partial charge in [-0.2, -0.15) is 0 Å². The maximum absolute atomic E-state index is 9.33. The van der Waals surface area contributed by atoms with Crippen molar-refractivity contribution >= 4 is 0 Å². The highest BCUT2D eigenvalue weighted by atomic mass is 16.5. The molecule has 1 unspecified atom stereocenters. The number of methoxy groups -OCH3 is 2. The SMILES string of the molecule is COc1ccc(OC)c(C2(C(N)CO)COC2)c1. The van der Waals surface area contributed by atoms with Crippen LogP contribution in [-0.4, -0.2) is 45.2 Å². The molecule has 0 radical (unpaired) electrons. The summed E-state index contributed by atoms with van der Waals surface area (Å²) in [6.45, 7) is 0.875. The molecule has 1 aromatic rings. The van der Waals surface area contributed by atoms with Crippen molar-refractivity contribution in [3.8, 4) is 11.5 Å². The Bertz CT molecular complexity index is 417. The van der Waals surface area contributed by atoms with Gasteiger partial charge in [-0.3, -0.25) is 0 Å². The molecule has 0 bridgehead atoms. The molecule has 1 saturated heterocycles. The van der Waals surface area contributed by atoms with Crippen LogP contribution in [0.5, 0.6) is 11.5 Å². The van der Waals surface area contributed by atoms with Crippen molar-refractivity contribution in [1.82, 2.24) is 0 Å².